The van der Waals surface area contributed by atoms with Gasteiger partial charge in [0.2, 0.25) is 0 Å². The van der Waals surface area contributed by atoms with Crippen LogP contribution in [0.5, 0.6) is 5.75 Å². The molecule has 6 heteroatoms. The summed E-state index contributed by atoms with van der Waals surface area (Å²) in [5.41, 5.74) is 9.19. The summed E-state index contributed by atoms with van der Waals surface area (Å²) in [4.78, 5) is 14.3. The molecular weight excluding hydrogens is 388 g/mol. The van der Waals surface area contributed by atoms with Gasteiger partial charge in [-0.2, -0.15) is 0 Å². The fraction of sp³-hybridized carbons (Fsp3) is 0.435. The van der Waals surface area contributed by atoms with Gasteiger partial charge >= 0.3 is 5.97 Å². The Morgan fingerprint density at radius 1 is 1.21 bits per heavy atom. The standard InChI is InChI=1S/C23H27ClN2O3/c1-28-23(27)16-9-11-21(19(24)13-16)29-22-18-7-3-2-5-15(18)8-10-20(22)26-12-4-6-17(25)14-26/h2-3,5,7,9,11,13,17,20,22H,4,6,8,10,12,14,25H2,1H3/t17-,20-,22-/m0/s1. The van der Waals surface area contributed by atoms with Crippen LogP contribution in [-0.4, -0.2) is 43.2 Å². The van der Waals surface area contributed by atoms with Crippen molar-refractivity contribution < 1.29 is 14.3 Å². The maximum absolute atomic E-state index is 11.8. The minimum absolute atomic E-state index is 0.133. The number of hydrogen-bond donors (Lipinski definition) is 1. The zero-order valence-corrected chi connectivity index (χ0v) is 17.4. The molecule has 2 aromatic rings. The summed E-state index contributed by atoms with van der Waals surface area (Å²) < 4.78 is 11.3. The van der Waals surface area contributed by atoms with Crippen LogP contribution in [0.3, 0.4) is 0 Å². The van der Waals surface area contributed by atoms with Crippen molar-refractivity contribution in [2.45, 2.75) is 43.9 Å². The highest BCUT2D eigenvalue weighted by molar-refractivity contribution is 6.32. The number of halogens is 1. The lowest BCUT2D eigenvalue weighted by molar-refractivity contribution is 0.0367. The van der Waals surface area contributed by atoms with E-state index in [0.29, 0.717) is 16.3 Å². The third kappa shape index (κ3) is 4.27. The summed E-state index contributed by atoms with van der Waals surface area (Å²) in [6.45, 7) is 1.93. The predicted octanol–water partition coefficient (Wildman–Crippen LogP) is 3.98. The van der Waals surface area contributed by atoms with Gasteiger partial charge in [0.15, 0.2) is 0 Å². The number of hydrogen-bond acceptors (Lipinski definition) is 5. The first-order chi connectivity index (χ1) is 14.1. The number of likely N-dealkylation sites (tertiary alicyclic amines) is 1. The van der Waals surface area contributed by atoms with Crippen LogP contribution in [0, 0.1) is 0 Å². The van der Waals surface area contributed by atoms with Gasteiger partial charge in [-0.15, -0.1) is 0 Å². The molecule has 1 aliphatic heterocycles. The molecular formula is C23H27ClN2O3. The molecule has 1 fully saturated rings. The molecule has 1 heterocycles. The molecule has 0 saturated carbocycles. The summed E-state index contributed by atoms with van der Waals surface area (Å²) in [6.07, 6.45) is 4.10. The van der Waals surface area contributed by atoms with Crippen LogP contribution in [0.25, 0.3) is 0 Å². The fourth-order valence-corrected chi connectivity index (χ4v) is 4.76. The second-order valence-electron chi connectivity index (χ2n) is 7.88. The van der Waals surface area contributed by atoms with E-state index in [4.69, 9.17) is 26.8 Å². The smallest absolute Gasteiger partial charge is 0.337 e. The number of nitrogens with two attached hydrogens (primary N) is 1. The van der Waals surface area contributed by atoms with Crippen LogP contribution >= 0.6 is 11.6 Å². The van der Waals surface area contributed by atoms with E-state index in [1.807, 2.05) is 0 Å². The fourth-order valence-electron chi connectivity index (χ4n) is 4.54. The summed E-state index contributed by atoms with van der Waals surface area (Å²) in [5.74, 6) is 0.161. The summed E-state index contributed by atoms with van der Waals surface area (Å²) >= 11 is 6.47. The largest absolute Gasteiger partial charge is 0.483 e. The summed E-state index contributed by atoms with van der Waals surface area (Å²) in [6, 6.07) is 13.9. The second kappa shape index (κ2) is 8.74. The van der Waals surface area contributed by atoms with E-state index in [9.17, 15) is 4.79 Å². The number of piperidine rings is 1. The highest BCUT2D eigenvalue weighted by Gasteiger charge is 2.37. The van der Waals surface area contributed by atoms with E-state index < -0.39 is 5.97 Å². The number of fused-ring (bicyclic) bond motifs is 1. The van der Waals surface area contributed by atoms with E-state index in [1.165, 1.54) is 18.2 Å². The number of rotatable bonds is 4. The molecule has 5 nitrogen and oxygen atoms in total. The number of esters is 1. The molecule has 2 aromatic carbocycles. The number of nitrogens with zero attached hydrogens (tertiary/aromatic N) is 1. The Bertz CT molecular complexity index is 888. The van der Waals surface area contributed by atoms with E-state index >= 15 is 0 Å². The van der Waals surface area contributed by atoms with Gasteiger partial charge in [-0.25, -0.2) is 4.79 Å². The van der Waals surface area contributed by atoms with Gasteiger partial charge in [0.1, 0.15) is 11.9 Å². The van der Waals surface area contributed by atoms with Crippen molar-refractivity contribution in [1.29, 1.82) is 0 Å². The molecule has 2 aliphatic rings. The molecule has 4 rings (SSSR count). The molecule has 154 valence electrons. The topological polar surface area (TPSA) is 64.8 Å². The van der Waals surface area contributed by atoms with E-state index in [0.717, 1.165) is 38.8 Å². The van der Waals surface area contributed by atoms with Crippen molar-refractivity contribution in [3.63, 3.8) is 0 Å². The quantitative estimate of drug-likeness (QED) is 0.766. The first-order valence-electron chi connectivity index (χ1n) is 10.2. The lowest BCUT2D eigenvalue weighted by Crippen LogP contribution is -2.51. The Labute approximate surface area is 176 Å². The number of benzene rings is 2. The second-order valence-corrected chi connectivity index (χ2v) is 8.28. The lowest BCUT2D eigenvalue weighted by atomic mass is 9.84. The van der Waals surface area contributed by atoms with E-state index in [-0.39, 0.29) is 18.2 Å². The van der Waals surface area contributed by atoms with Gasteiger partial charge in [0.25, 0.3) is 0 Å². The molecule has 1 aliphatic carbocycles. The molecule has 0 spiro atoms. The molecule has 0 aromatic heterocycles. The molecule has 29 heavy (non-hydrogen) atoms. The highest BCUT2D eigenvalue weighted by atomic mass is 35.5. The van der Waals surface area contributed by atoms with Crippen molar-refractivity contribution in [3.05, 3.63) is 64.2 Å². The molecule has 1 saturated heterocycles. The molecule has 0 radical (unpaired) electrons. The van der Waals surface area contributed by atoms with E-state index in [1.54, 1.807) is 18.2 Å². The first-order valence-corrected chi connectivity index (χ1v) is 10.6. The summed E-state index contributed by atoms with van der Waals surface area (Å²) in [5, 5.41) is 0.407. The lowest BCUT2D eigenvalue weighted by Gasteiger charge is -2.43. The Balaban J connectivity index is 1.65. The van der Waals surface area contributed by atoms with Crippen molar-refractivity contribution in [1.82, 2.24) is 4.90 Å². The number of carbonyl (C=O) groups excluding carboxylic acids is 1. The van der Waals surface area contributed by atoms with Crippen LogP contribution in [0.15, 0.2) is 42.5 Å². The van der Waals surface area contributed by atoms with Crippen molar-refractivity contribution in [2.24, 2.45) is 5.73 Å². The normalized spacial score (nSPS) is 24.6. The van der Waals surface area contributed by atoms with Gasteiger partial charge in [0, 0.05) is 12.6 Å². The Hall–Kier alpha value is -2.08. The average Bonchev–Trinajstić information content (AvgIpc) is 2.74. The highest BCUT2D eigenvalue weighted by Crippen LogP contribution is 2.39. The van der Waals surface area contributed by atoms with Crippen LogP contribution < -0.4 is 10.5 Å². The maximum Gasteiger partial charge on any atom is 0.337 e. The first kappa shape index (κ1) is 20.2. The molecule has 0 bridgehead atoms. The SMILES string of the molecule is COC(=O)c1ccc(O[C@H]2c3ccccc3CC[C@@H]2N2CCC[C@H](N)C2)c(Cl)c1. The van der Waals surface area contributed by atoms with Gasteiger partial charge < -0.3 is 15.2 Å². The zero-order chi connectivity index (χ0) is 20.4. The van der Waals surface area contributed by atoms with Crippen LogP contribution in [0.1, 0.15) is 46.9 Å². The van der Waals surface area contributed by atoms with Gasteiger partial charge in [-0.1, -0.05) is 35.9 Å². The molecule has 3 atom stereocenters. The minimum Gasteiger partial charge on any atom is -0.483 e. The summed E-state index contributed by atoms with van der Waals surface area (Å²) in [7, 11) is 1.35. The number of ether oxygens (including phenoxy) is 2. The molecule has 0 unspecified atom stereocenters. The molecule has 2 N–H and O–H groups in total. The van der Waals surface area contributed by atoms with Crippen LogP contribution in [0.2, 0.25) is 5.02 Å². The van der Waals surface area contributed by atoms with E-state index in [2.05, 4.69) is 29.2 Å². The van der Waals surface area contributed by atoms with Gasteiger partial charge in [-0.05, 0) is 61.6 Å². The number of carbonyl (C=O) groups is 1. The predicted molar refractivity (Wildman–Crippen MR) is 113 cm³/mol. The number of aryl methyl sites for hydroxylation is 1. The monoisotopic (exact) mass is 414 g/mol. The van der Waals surface area contributed by atoms with Gasteiger partial charge in [0.05, 0.1) is 23.7 Å². The van der Waals surface area contributed by atoms with Crippen LogP contribution in [-0.2, 0) is 11.2 Å². The van der Waals surface area contributed by atoms with Crippen molar-refractivity contribution in [2.75, 3.05) is 20.2 Å². The Kier molecular flexibility index (Phi) is 6.09. The molecule has 0 amide bonds. The van der Waals surface area contributed by atoms with Crippen LogP contribution in [0.4, 0.5) is 0 Å². The third-order valence-corrected chi connectivity index (χ3v) is 6.28. The number of methoxy groups -OCH3 is 1. The van der Waals surface area contributed by atoms with Crippen molar-refractivity contribution in [3.8, 4) is 5.75 Å². The zero-order valence-electron chi connectivity index (χ0n) is 16.6. The maximum atomic E-state index is 11.8. The van der Waals surface area contributed by atoms with Gasteiger partial charge in [-0.3, -0.25) is 4.90 Å². The minimum atomic E-state index is -0.415. The Morgan fingerprint density at radius 2 is 2.03 bits per heavy atom. The third-order valence-electron chi connectivity index (χ3n) is 5.99. The average molecular weight is 415 g/mol. The Morgan fingerprint density at radius 3 is 2.79 bits per heavy atom. The van der Waals surface area contributed by atoms with Crippen molar-refractivity contribution >= 4 is 17.6 Å².